The summed E-state index contributed by atoms with van der Waals surface area (Å²) < 4.78 is 27.3. The number of hydrogen-bond acceptors (Lipinski definition) is 7. The summed E-state index contributed by atoms with van der Waals surface area (Å²) >= 11 is 1.24. The topological polar surface area (TPSA) is 130 Å². The van der Waals surface area contributed by atoms with Gasteiger partial charge in [0.2, 0.25) is 5.91 Å². The Balaban J connectivity index is 3.84. The molecule has 0 heterocycles. The van der Waals surface area contributed by atoms with E-state index in [4.69, 9.17) is 11.5 Å². The van der Waals surface area contributed by atoms with Crippen molar-refractivity contribution in [2.45, 2.75) is 12.5 Å². The number of sulfone groups is 1. The molecule has 0 rings (SSSR count). The second kappa shape index (κ2) is 8.33. The van der Waals surface area contributed by atoms with Crippen LogP contribution >= 0.6 is 11.8 Å². The molecule has 0 saturated heterocycles. The summed E-state index contributed by atoms with van der Waals surface area (Å²) in [7, 11) is -2.04. The monoisotopic (exact) mass is 298 g/mol. The summed E-state index contributed by atoms with van der Waals surface area (Å²) in [6.07, 6.45) is -0.172. The average molecular weight is 298 g/mol. The Bertz CT molecular complexity index is 382. The molecule has 0 aromatic heterocycles. The van der Waals surface area contributed by atoms with Crippen LogP contribution in [-0.2, 0) is 24.2 Å². The molecule has 7 nitrogen and oxygen atoms in total. The molecular weight excluding hydrogens is 280 g/mol. The molecule has 1 unspecified atom stereocenters. The van der Waals surface area contributed by atoms with Crippen molar-refractivity contribution in [1.82, 2.24) is 0 Å². The third kappa shape index (κ3) is 8.31. The van der Waals surface area contributed by atoms with Gasteiger partial charge in [-0.15, -0.1) is 0 Å². The number of rotatable bonds is 9. The number of carbonyl (C=O) groups is 2. The van der Waals surface area contributed by atoms with Crippen LogP contribution in [0.4, 0.5) is 0 Å². The van der Waals surface area contributed by atoms with E-state index >= 15 is 0 Å². The number of esters is 1. The van der Waals surface area contributed by atoms with Crippen molar-refractivity contribution in [2.75, 3.05) is 30.1 Å². The van der Waals surface area contributed by atoms with Crippen molar-refractivity contribution in [1.29, 1.82) is 0 Å². The van der Waals surface area contributed by atoms with Crippen LogP contribution in [0.15, 0.2) is 0 Å². The van der Waals surface area contributed by atoms with Gasteiger partial charge in [-0.3, -0.25) is 9.59 Å². The van der Waals surface area contributed by atoms with E-state index in [1.54, 1.807) is 0 Å². The molecule has 0 spiro atoms. The molecule has 106 valence electrons. The van der Waals surface area contributed by atoms with Crippen LogP contribution in [0.2, 0.25) is 0 Å². The standard InChI is InChI=1S/C9H18N2O5S2/c1-16-9(13)7(10)6-17-3-5-18(14,15)4-2-8(11)12/h7H,2-6,10H2,1H3,(H2,11,12). The van der Waals surface area contributed by atoms with Crippen LogP contribution in [0.3, 0.4) is 0 Å². The highest BCUT2D eigenvalue weighted by atomic mass is 32.2. The Kier molecular flexibility index (Phi) is 7.96. The van der Waals surface area contributed by atoms with Crippen LogP contribution in [0.1, 0.15) is 6.42 Å². The summed E-state index contributed by atoms with van der Waals surface area (Å²) in [5.74, 6) is -0.882. The molecule has 0 bridgehead atoms. The van der Waals surface area contributed by atoms with E-state index in [9.17, 15) is 18.0 Å². The summed E-state index contributed by atoms with van der Waals surface area (Å²) in [5, 5.41) is 0. The van der Waals surface area contributed by atoms with E-state index in [1.165, 1.54) is 18.9 Å². The fourth-order valence-corrected chi connectivity index (χ4v) is 3.73. The van der Waals surface area contributed by atoms with Gasteiger partial charge < -0.3 is 16.2 Å². The van der Waals surface area contributed by atoms with Gasteiger partial charge in [-0.2, -0.15) is 11.8 Å². The summed E-state index contributed by atoms with van der Waals surface area (Å²) in [4.78, 5) is 21.4. The molecule has 0 fully saturated rings. The van der Waals surface area contributed by atoms with Crippen molar-refractivity contribution in [3.05, 3.63) is 0 Å². The highest BCUT2D eigenvalue weighted by molar-refractivity contribution is 8.00. The van der Waals surface area contributed by atoms with E-state index in [0.29, 0.717) is 5.75 Å². The molecular formula is C9H18N2O5S2. The normalized spacial score (nSPS) is 13.0. The molecule has 0 aliphatic rings. The van der Waals surface area contributed by atoms with Gasteiger partial charge in [0, 0.05) is 17.9 Å². The first-order chi connectivity index (χ1) is 8.28. The lowest BCUT2D eigenvalue weighted by Crippen LogP contribution is -2.34. The molecule has 4 N–H and O–H groups in total. The number of nitrogens with two attached hydrogens (primary N) is 2. The van der Waals surface area contributed by atoms with Crippen LogP contribution in [-0.4, -0.2) is 56.5 Å². The minimum atomic E-state index is -3.28. The lowest BCUT2D eigenvalue weighted by atomic mass is 10.4. The van der Waals surface area contributed by atoms with E-state index in [2.05, 4.69) is 4.74 Å². The van der Waals surface area contributed by atoms with Gasteiger partial charge >= 0.3 is 5.97 Å². The minimum absolute atomic E-state index is 0.0706. The smallest absolute Gasteiger partial charge is 0.323 e. The maximum Gasteiger partial charge on any atom is 0.323 e. The number of thioether (sulfide) groups is 1. The van der Waals surface area contributed by atoms with Gasteiger partial charge in [0.15, 0.2) is 9.84 Å². The molecule has 0 aromatic rings. The van der Waals surface area contributed by atoms with Crippen LogP contribution < -0.4 is 11.5 Å². The van der Waals surface area contributed by atoms with Crippen molar-refractivity contribution < 1.29 is 22.7 Å². The van der Waals surface area contributed by atoms with Crippen molar-refractivity contribution in [2.24, 2.45) is 11.5 Å². The summed E-state index contributed by atoms with van der Waals surface area (Å²) in [5.41, 5.74) is 10.3. The second-order valence-corrected chi connectivity index (χ2v) is 7.03. The summed E-state index contributed by atoms with van der Waals surface area (Å²) in [6.45, 7) is 0. The van der Waals surface area contributed by atoms with Crippen molar-refractivity contribution >= 4 is 33.5 Å². The Hall–Kier alpha value is -0.800. The SMILES string of the molecule is COC(=O)C(N)CSCCS(=O)(=O)CCC(N)=O. The van der Waals surface area contributed by atoms with Gasteiger partial charge in [0.1, 0.15) is 6.04 Å². The number of methoxy groups -OCH3 is 1. The predicted octanol–water partition coefficient (Wildman–Crippen LogP) is -1.49. The van der Waals surface area contributed by atoms with Gasteiger partial charge in [-0.25, -0.2) is 8.42 Å². The number of ether oxygens (including phenoxy) is 1. The van der Waals surface area contributed by atoms with Gasteiger partial charge in [-0.1, -0.05) is 0 Å². The molecule has 9 heteroatoms. The fraction of sp³-hybridized carbons (Fsp3) is 0.778. The Morgan fingerprint density at radius 3 is 2.44 bits per heavy atom. The predicted molar refractivity (Wildman–Crippen MR) is 69.8 cm³/mol. The lowest BCUT2D eigenvalue weighted by molar-refractivity contribution is -0.141. The molecule has 0 saturated carbocycles. The maximum absolute atomic E-state index is 11.4. The first kappa shape index (κ1) is 17.2. The van der Waals surface area contributed by atoms with Gasteiger partial charge in [-0.05, 0) is 0 Å². The van der Waals surface area contributed by atoms with E-state index in [-0.39, 0.29) is 23.7 Å². The zero-order valence-electron chi connectivity index (χ0n) is 10.1. The largest absolute Gasteiger partial charge is 0.468 e. The minimum Gasteiger partial charge on any atom is -0.468 e. The highest BCUT2D eigenvalue weighted by Crippen LogP contribution is 2.05. The fourth-order valence-electron chi connectivity index (χ4n) is 0.974. The molecule has 1 amide bonds. The zero-order valence-corrected chi connectivity index (χ0v) is 11.8. The van der Waals surface area contributed by atoms with Crippen molar-refractivity contribution in [3.63, 3.8) is 0 Å². The van der Waals surface area contributed by atoms with E-state index < -0.39 is 27.8 Å². The third-order valence-electron chi connectivity index (χ3n) is 2.00. The first-order valence-corrected chi connectivity index (χ1v) is 8.16. The second-order valence-electron chi connectivity index (χ2n) is 3.57. The molecule has 0 aliphatic heterocycles. The number of primary amides is 1. The third-order valence-corrected chi connectivity index (χ3v) is 5.00. The van der Waals surface area contributed by atoms with Crippen LogP contribution in [0.5, 0.6) is 0 Å². The summed E-state index contributed by atoms with van der Waals surface area (Å²) in [6, 6.07) is -0.756. The molecule has 1 atom stereocenters. The average Bonchev–Trinajstić information content (AvgIpc) is 2.31. The molecule has 0 radical (unpaired) electrons. The molecule has 0 aromatic carbocycles. The van der Waals surface area contributed by atoms with E-state index in [1.807, 2.05) is 0 Å². The first-order valence-electron chi connectivity index (χ1n) is 5.18. The van der Waals surface area contributed by atoms with Crippen LogP contribution in [0.25, 0.3) is 0 Å². The zero-order chi connectivity index (χ0) is 14.2. The number of carbonyl (C=O) groups excluding carboxylic acids is 2. The number of amides is 1. The number of hydrogen-bond donors (Lipinski definition) is 2. The van der Waals surface area contributed by atoms with Crippen molar-refractivity contribution in [3.8, 4) is 0 Å². The van der Waals surface area contributed by atoms with E-state index in [0.717, 1.165) is 0 Å². The Morgan fingerprint density at radius 1 is 1.33 bits per heavy atom. The van der Waals surface area contributed by atoms with Gasteiger partial charge in [0.25, 0.3) is 0 Å². The quantitative estimate of drug-likeness (QED) is 0.392. The molecule has 0 aliphatic carbocycles. The highest BCUT2D eigenvalue weighted by Gasteiger charge is 2.15. The Morgan fingerprint density at radius 2 is 1.94 bits per heavy atom. The molecule has 18 heavy (non-hydrogen) atoms. The lowest BCUT2D eigenvalue weighted by Gasteiger charge is -2.08. The van der Waals surface area contributed by atoms with Crippen LogP contribution in [0, 0.1) is 0 Å². The Labute approximate surface area is 111 Å². The maximum atomic E-state index is 11.4. The van der Waals surface area contributed by atoms with Gasteiger partial charge in [0.05, 0.1) is 18.6 Å².